The van der Waals surface area contributed by atoms with E-state index in [1.165, 1.54) is 13.2 Å². The van der Waals surface area contributed by atoms with Gasteiger partial charge in [0.25, 0.3) is 0 Å². The van der Waals surface area contributed by atoms with Crippen LogP contribution in [0.5, 0.6) is 5.75 Å². The minimum Gasteiger partial charge on any atom is -0.494 e. The fourth-order valence-corrected chi connectivity index (χ4v) is 2.82. The summed E-state index contributed by atoms with van der Waals surface area (Å²) in [6.07, 6.45) is 5.88. The molecule has 1 aliphatic heterocycles. The zero-order valence-corrected chi connectivity index (χ0v) is 11.5. The van der Waals surface area contributed by atoms with Crippen LogP contribution in [-0.2, 0) is 0 Å². The van der Waals surface area contributed by atoms with Gasteiger partial charge in [0, 0.05) is 19.3 Å². The summed E-state index contributed by atoms with van der Waals surface area (Å²) in [5.41, 5.74) is 2.30. The first-order valence-corrected chi connectivity index (χ1v) is 6.85. The number of anilines is 1. The highest BCUT2D eigenvalue weighted by molar-refractivity contribution is 5.43. The van der Waals surface area contributed by atoms with E-state index in [0.717, 1.165) is 37.2 Å². The first kappa shape index (κ1) is 13.0. The van der Waals surface area contributed by atoms with Gasteiger partial charge in [0.2, 0.25) is 0 Å². The third kappa shape index (κ3) is 2.48. The highest BCUT2D eigenvalue weighted by Gasteiger charge is 2.22. The van der Waals surface area contributed by atoms with Crippen molar-refractivity contribution in [3.05, 3.63) is 42.0 Å². The normalized spacial score (nSPS) is 16.4. The molecule has 20 heavy (non-hydrogen) atoms. The minimum atomic E-state index is -0.299. The summed E-state index contributed by atoms with van der Waals surface area (Å²) < 4.78 is 18.5. The Kier molecular flexibility index (Phi) is 3.58. The number of aromatic nitrogens is 2. The molecule has 0 bridgehead atoms. The van der Waals surface area contributed by atoms with Crippen LogP contribution in [0.3, 0.4) is 0 Å². The smallest absolute Gasteiger partial charge is 0.165 e. The number of benzene rings is 1. The number of halogens is 1. The number of nitrogens with one attached hydrogen (secondary N) is 1. The Morgan fingerprint density at radius 3 is 2.80 bits per heavy atom. The number of nitrogens with zero attached hydrogens (tertiary/aromatic N) is 2. The molecule has 1 aromatic carbocycles. The van der Waals surface area contributed by atoms with Crippen LogP contribution in [0.4, 0.5) is 10.1 Å². The molecule has 0 unspecified atom stereocenters. The Morgan fingerprint density at radius 2 is 2.15 bits per heavy atom. The first-order chi connectivity index (χ1) is 9.78. The summed E-state index contributed by atoms with van der Waals surface area (Å²) in [5.74, 6) is 0.500. The molecule has 1 saturated heterocycles. The maximum absolute atomic E-state index is 13.4. The lowest BCUT2D eigenvalue weighted by atomic mass is 9.89. The molecule has 106 valence electrons. The van der Waals surface area contributed by atoms with Crippen molar-refractivity contribution in [2.75, 3.05) is 25.1 Å². The van der Waals surface area contributed by atoms with Crippen LogP contribution >= 0.6 is 0 Å². The zero-order valence-electron chi connectivity index (χ0n) is 11.5. The monoisotopic (exact) mass is 275 g/mol. The molecule has 0 saturated carbocycles. The third-order valence-electron chi connectivity index (χ3n) is 3.99. The van der Waals surface area contributed by atoms with Crippen LogP contribution in [0.1, 0.15) is 24.3 Å². The van der Waals surface area contributed by atoms with E-state index in [-0.39, 0.29) is 5.82 Å². The molecule has 0 radical (unpaired) electrons. The second-order valence-electron chi connectivity index (χ2n) is 5.11. The Morgan fingerprint density at radius 1 is 1.35 bits per heavy atom. The molecular formula is C15H18FN3O. The fraction of sp³-hybridized carbons (Fsp3) is 0.400. The average molecular weight is 275 g/mol. The standard InChI is InChI=1S/C15H18FN3O/c1-20-15-8-12(2-3-14(15)16)11-4-6-19(7-5-11)13-9-17-18-10-13/h2-3,8-11H,4-7H2,1H3,(H,17,18). The molecule has 1 aliphatic rings. The third-order valence-corrected chi connectivity index (χ3v) is 3.99. The second kappa shape index (κ2) is 5.53. The number of methoxy groups -OCH3 is 1. The lowest BCUT2D eigenvalue weighted by Crippen LogP contribution is -2.32. The number of piperidine rings is 1. The van der Waals surface area contributed by atoms with Crippen molar-refractivity contribution in [3.8, 4) is 5.75 Å². The van der Waals surface area contributed by atoms with Gasteiger partial charge in [0.15, 0.2) is 11.6 Å². The van der Waals surface area contributed by atoms with Gasteiger partial charge in [-0.1, -0.05) is 6.07 Å². The quantitative estimate of drug-likeness (QED) is 0.936. The number of hydrogen-bond acceptors (Lipinski definition) is 3. The Balaban J connectivity index is 1.69. The molecule has 0 atom stereocenters. The topological polar surface area (TPSA) is 41.1 Å². The van der Waals surface area contributed by atoms with Crippen LogP contribution < -0.4 is 9.64 Å². The van der Waals surface area contributed by atoms with Crippen LogP contribution in [-0.4, -0.2) is 30.4 Å². The predicted octanol–water partition coefficient (Wildman–Crippen LogP) is 2.94. The van der Waals surface area contributed by atoms with Crippen molar-refractivity contribution < 1.29 is 9.13 Å². The molecule has 0 aliphatic carbocycles. The average Bonchev–Trinajstić information content (AvgIpc) is 3.02. The van der Waals surface area contributed by atoms with E-state index in [4.69, 9.17) is 4.74 Å². The fourth-order valence-electron chi connectivity index (χ4n) is 2.82. The Bertz CT molecular complexity index is 563. The van der Waals surface area contributed by atoms with E-state index in [1.807, 2.05) is 24.5 Å². The summed E-state index contributed by atoms with van der Waals surface area (Å²) in [6.45, 7) is 1.98. The van der Waals surface area contributed by atoms with E-state index < -0.39 is 0 Å². The van der Waals surface area contributed by atoms with Crippen molar-refractivity contribution in [2.45, 2.75) is 18.8 Å². The molecule has 1 aromatic heterocycles. The zero-order chi connectivity index (χ0) is 13.9. The van der Waals surface area contributed by atoms with Crippen molar-refractivity contribution in [1.29, 1.82) is 0 Å². The van der Waals surface area contributed by atoms with Gasteiger partial charge < -0.3 is 9.64 Å². The molecule has 2 aromatic rings. The van der Waals surface area contributed by atoms with Gasteiger partial charge in [-0.15, -0.1) is 0 Å². The molecule has 1 N–H and O–H groups in total. The van der Waals surface area contributed by atoms with Gasteiger partial charge in [-0.2, -0.15) is 5.10 Å². The summed E-state index contributed by atoms with van der Waals surface area (Å²) in [5, 5.41) is 6.82. The highest BCUT2D eigenvalue weighted by Crippen LogP contribution is 2.32. The van der Waals surface area contributed by atoms with E-state index in [1.54, 1.807) is 0 Å². The highest BCUT2D eigenvalue weighted by atomic mass is 19.1. The van der Waals surface area contributed by atoms with Crippen molar-refractivity contribution in [3.63, 3.8) is 0 Å². The maximum Gasteiger partial charge on any atom is 0.165 e. The Labute approximate surface area is 117 Å². The lowest BCUT2D eigenvalue weighted by Gasteiger charge is -2.32. The summed E-state index contributed by atoms with van der Waals surface area (Å²) in [4.78, 5) is 2.32. The Hall–Kier alpha value is -2.04. The molecule has 4 nitrogen and oxygen atoms in total. The first-order valence-electron chi connectivity index (χ1n) is 6.85. The van der Waals surface area contributed by atoms with Gasteiger partial charge in [0.1, 0.15) is 0 Å². The van der Waals surface area contributed by atoms with Crippen molar-refractivity contribution in [2.24, 2.45) is 0 Å². The molecular weight excluding hydrogens is 257 g/mol. The van der Waals surface area contributed by atoms with E-state index in [0.29, 0.717) is 11.7 Å². The van der Waals surface area contributed by atoms with Gasteiger partial charge in [0.05, 0.1) is 19.0 Å². The molecule has 2 heterocycles. The van der Waals surface area contributed by atoms with Crippen LogP contribution in [0.2, 0.25) is 0 Å². The van der Waals surface area contributed by atoms with Crippen LogP contribution in [0.15, 0.2) is 30.6 Å². The van der Waals surface area contributed by atoms with E-state index in [9.17, 15) is 4.39 Å². The largest absolute Gasteiger partial charge is 0.494 e. The number of hydrogen-bond donors (Lipinski definition) is 1. The number of ether oxygens (including phenoxy) is 1. The van der Waals surface area contributed by atoms with E-state index >= 15 is 0 Å². The van der Waals surface area contributed by atoms with Crippen molar-refractivity contribution >= 4 is 5.69 Å². The van der Waals surface area contributed by atoms with Gasteiger partial charge in [-0.05, 0) is 36.5 Å². The van der Waals surface area contributed by atoms with Gasteiger partial charge >= 0.3 is 0 Å². The minimum absolute atomic E-state index is 0.299. The summed E-state index contributed by atoms with van der Waals surface area (Å²) >= 11 is 0. The van der Waals surface area contributed by atoms with Crippen molar-refractivity contribution in [1.82, 2.24) is 10.2 Å². The van der Waals surface area contributed by atoms with Gasteiger partial charge in [-0.3, -0.25) is 5.10 Å². The number of aromatic amines is 1. The molecule has 3 rings (SSSR count). The van der Waals surface area contributed by atoms with E-state index in [2.05, 4.69) is 15.1 Å². The molecule has 1 fully saturated rings. The SMILES string of the molecule is COc1cc(C2CCN(c3cn[nH]c3)CC2)ccc1F. The maximum atomic E-state index is 13.4. The molecule has 5 heteroatoms. The number of rotatable bonds is 3. The van der Waals surface area contributed by atoms with Gasteiger partial charge in [-0.25, -0.2) is 4.39 Å². The van der Waals surface area contributed by atoms with Crippen LogP contribution in [0, 0.1) is 5.82 Å². The lowest BCUT2D eigenvalue weighted by molar-refractivity contribution is 0.384. The molecule has 0 amide bonds. The second-order valence-corrected chi connectivity index (χ2v) is 5.11. The number of H-pyrrole nitrogens is 1. The van der Waals surface area contributed by atoms with Crippen LogP contribution in [0.25, 0.3) is 0 Å². The molecule has 0 spiro atoms. The predicted molar refractivity (Wildman–Crippen MR) is 75.7 cm³/mol. The summed E-state index contributed by atoms with van der Waals surface area (Å²) in [6, 6.07) is 5.19. The summed E-state index contributed by atoms with van der Waals surface area (Å²) in [7, 11) is 1.50.